The molecule has 0 bridgehead atoms. The van der Waals surface area contributed by atoms with Crippen molar-refractivity contribution in [2.24, 2.45) is 0 Å². The summed E-state index contributed by atoms with van der Waals surface area (Å²) in [5, 5.41) is 0.546. The molecule has 0 spiro atoms. The fourth-order valence-corrected chi connectivity index (χ4v) is 2.79. The first-order valence-electron chi connectivity index (χ1n) is 6.68. The van der Waals surface area contributed by atoms with E-state index >= 15 is 0 Å². The van der Waals surface area contributed by atoms with Crippen molar-refractivity contribution in [2.45, 2.75) is 13.0 Å². The number of rotatable bonds is 4. The van der Waals surface area contributed by atoms with E-state index in [4.69, 9.17) is 21.1 Å². The van der Waals surface area contributed by atoms with E-state index in [9.17, 15) is 0 Å². The van der Waals surface area contributed by atoms with Gasteiger partial charge in [0.05, 0.1) is 14.2 Å². The van der Waals surface area contributed by atoms with Crippen LogP contribution in [0.3, 0.4) is 0 Å². The second-order valence-corrected chi connectivity index (χ2v) is 5.17. The zero-order valence-electron chi connectivity index (χ0n) is 12.0. The molecule has 0 radical (unpaired) electrons. The Hall–Kier alpha value is -2.01. The second-order valence-electron chi connectivity index (χ2n) is 4.82. The van der Waals surface area contributed by atoms with Crippen LogP contribution in [-0.2, 0) is 13.0 Å². The molecule has 0 atom stereocenters. The molecule has 110 valence electrons. The Morgan fingerprint density at radius 3 is 2.86 bits per heavy atom. The summed E-state index contributed by atoms with van der Waals surface area (Å²) >= 11 is 6.12. The third-order valence-corrected chi connectivity index (χ3v) is 3.98. The van der Waals surface area contributed by atoms with Gasteiger partial charge in [0.15, 0.2) is 0 Å². The second kappa shape index (κ2) is 5.77. The van der Waals surface area contributed by atoms with Crippen molar-refractivity contribution in [1.29, 1.82) is 0 Å². The zero-order valence-corrected chi connectivity index (χ0v) is 12.7. The van der Waals surface area contributed by atoms with E-state index in [2.05, 4.69) is 14.9 Å². The van der Waals surface area contributed by atoms with Crippen LogP contribution in [0.15, 0.2) is 24.5 Å². The Kier molecular flexibility index (Phi) is 3.84. The van der Waals surface area contributed by atoms with Crippen LogP contribution in [0, 0.1) is 0 Å². The Bertz CT molecular complexity index is 663. The van der Waals surface area contributed by atoms with Crippen molar-refractivity contribution in [3.8, 4) is 11.5 Å². The van der Waals surface area contributed by atoms with Gasteiger partial charge in [0.2, 0.25) is 0 Å². The number of aromatic nitrogens is 2. The molecule has 1 aromatic heterocycles. The lowest BCUT2D eigenvalue weighted by molar-refractivity contribution is 0.391. The summed E-state index contributed by atoms with van der Waals surface area (Å²) in [6, 6.07) is 5.83. The highest BCUT2D eigenvalue weighted by Gasteiger charge is 2.24. The number of benzene rings is 1. The Morgan fingerprint density at radius 2 is 2.10 bits per heavy atom. The average Bonchev–Trinajstić information content (AvgIpc) is 2.92. The van der Waals surface area contributed by atoms with Crippen molar-refractivity contribution in [3.63, 3.8) is 0 Å². The van der Waals surface area contributed by atoms with E-state index in [1.807, 2.05) is 18.2 Å². The molecule has 21 heavy (non-hydrogen) atoms. The largest absolute Gasteiger partial charge is 0.497 e. The Balaban J connectivity index is 1.88. The first kappa shape index (κ1) is 13.9. The highest BCUT2D eigenvalue weighted by molar-refractivity contribution is 6.30. The van der Waals surface area contributed by atoms with Crippen LogP contribution in [0.4, 0.5) is 5.82 Å². The maximum absolute atomic E-state index is 6.12. The van der Waals surface area contributed by atoms with Gasteiger partial charge in [-0.25, -0.2) is 9.97 Å². The normalized spacial score (nSPS) is 13.2. The SMILES string of the molecule is COc1ccc(CN2CCc3c(Cl)ncnc32)c(OC)c1. The summed E-state index contributed by atoms with van der Waals surface area (Å²) < 4.78 is 10.7. The molecule has 1 aromatic carbocycles. The number of methoxy groups -OCH3 is 2. The van der Waals surface area contributed by atoms with Gasteiger partial charge in [-0.05, 0) is 18.6 Å². The predicted molar refractivity (Wildman–Crippen MR) is 81.3 cm³/mol. The number of fused-ring (bicyclic) bond motifs is 1. The molecule has 0 aliphatic carbocycles. The molecular weight excluding hydrogens is 290 g/mol. The lowest BCUT2D eigenvalue weighted by atomic mass is 10.2. The molecule has 0 saturated carbocycles. The number of hydrogen-bond donors (Lipinski definition) is 0. The minimum absolute atomic E-state index is 0.546. The third kappa shape index (κ3) is 2.61. The molecule has 0 amide bonds. The number of halogens is 1. The van der Waals surface area contributed by atoms with E-state index in [1.165, 1.54) is 6.33 Å². The van der Waals surface area contributed by atoms with Gasteiger partial charge >= 0.3 is 0 Å². The van der Waals surface area contributed by atoms with Crippen molar-refractivity contribution >= 4 is 17.4 Å². The molecule has 5 nitrogen and oxygen atoms in total. The number of nitrogens with zero attached hydrogens (tertiary/aromatic N) is 3. The van der Waals surface area contributed by atoms with Gasteiger partial charge in [0.1, 0.15) is 28.8 Å². The van der Waals surface area contributed by atoms with Gasteiger partial charge in [-0.2, -0.15) is 0 Å². The molecule has 2 heterocycles. The molecule has 1 aliphatic heterocycles. The quantitative estimate of drug-likeness (QED) is 0.813. The first-order chi connectivity index (χ1) is 10.2. The number of hydrogen-bond acceptors (Lipinski definition) is 5. The van der Waals surface area contributed by atoms with Crippen molar-refractivity contribution < 1.29 is 9.47 Å². The van der Waals surface area contributed by atoms with Crippen LogP contribution in [0.2, 0.25) is 5.15 Å². The standard InChI is InChI=1S/C15H16ClN3O2/c1-20-11-4-3-10(13(7-11)21-2)8-19-6-5-12-14(16)17-9-18-15(12)19/h3-4,7,9H,5-6,8H2,1-2H3. The Morgan fingerprint density at radius 1 is 1.24 bits per heavy atom. The van der Waals surface area contributed by atoms with E-state index < -0.39 is 0 Å². The molecule has 3 rings (SSSR count). The Labute approximate surface area is 128 Å². The lowest BCUT2D eigenvalue weighted by Crippen LogP contribution is -2.21. The molecule has 0 N–H and O–H groups in total. The fourth-order valence-electron chi connectivity index (χ4n) is 2.56. The van der Waals surface area contributed by atoms with Crippen LogP contribution in [-0.4, -0.2) is 30.7 Å². The molecular formula is C15H16ClN3O2. The summed E-state index contributed by atoms with van der Waals surface area (Å²) in [7, 11) is 3.30. The molecule has 6 heteroatoms. The summed E-state index contributed by atoms with van der Waals surface area (Å²) in [4.78, 5) is 10.6. The number of ether oxygens (including phenoxy) is 2. The average molecular weight is 306 g/mol. The summed E-state index contributed by atoms with van der Waals surface area (Å²) in [5.74, 6) is 2.50. The van der Waals surface area contributed by atoms with Crippen molar-refractivity contribution in [2.75, 3.05) is 25.7 Å². The van der Waals surface area contributed by atoms with Crippen LogP contribution in [0.25, 0.3) is 0 Å². The van der Waals surface area contributed by atoms with E-state index in [0.29, 0.717) is 11.7 Å². The number of anilines is 1. The molecule has 0 unspecified atom stereocenters. The predicted octanol–water partition coefficient (Wildman–Crippen LogP) is 2.71. The third-order valence-electron chi connectivity index (χ3n) is 3.66. The first-order valence-corrected chi connectivity index (χ1v) is 7.06. The highest BCUT2D eigenvalue weighted by atomic mass is 35.5. The van der Waals surface area contributed by atoms with Gasteiger partial charge in [-0.1, -0.05) is 11.6 Å². The van der Waals surface area contributed by atoms with E-state index in [-0.39, 0.29) is 0 Å². The molecule has 2 aromatic rings. The zero-order chi connectivity index (χ0) is 14.8. The minimum atomic E-state index is 0.546. The maximum atomic E-state index is 6.12. The van der Waals surface area contributed by atoms with Gasteiger partial charge in [-0.15, -0.1) is 0 Å². The van der Waals surface area contributed by atoms with E-state index in [0.717, 1.165) is 41.4 Å². The molecule has 0 saturated heterocycles. The lowest BCUT2D eigenvalue weighted by Gasteiger charge is -2.20. The topological polar surface area (TPSA) is 47.5 Å². The van der Waals surface area contributed by atoms with Gasteiger partial charge in [0, 0.05) is 30.3 Å². The minimum Gasteiger partial charge on any atom is -0.497 e. The van der Waals surface area contributed by atoms with Gasteiger partial charge in [-0.3, -0.25) is 0 Å². The smallest absolute Gasteiger partial charge is 0.137 e. The van der Waals surface area contributed by atoms with Crippen LogP contribution >= 0.6 is 11.6 Å². The fraction of sp³-hybridized carbons (Fsp3) is 0.333. The van der Waals surface area contributed by atoms with Crippen LogP contribution in [0.5, 0.6) is 11.5 Å². The van der Waals surface area contributed by atoms with Gasteiger partial charge < -0.3 is 14.4 Å². The van der Waals surface area contributed by atoms with Crippen molar-refractivity contribution in [1.82, 2.24) is 9.97 Å². The van der Waals surface area contributed by atoms with Crippen molar-refractivity contribution in [3.05, 3.63) is 40.8 Å². The monoisotopic (exact) mass is 305 g/mol. The van der Waals surface area contributed by atoms with Crippen LogP contribution in [0.1, 0.15) is 11.1 Å². The molecule has 1 aliphatic rings. The highest BCUT2D eigenvalue weighted by Crippen LogP contribution is 2.33. The van der Waals surface area contributed by atoms with Gasteiger partial charge in [0.25, 0.3) is 0 Å². The maximum Gasteiger partial charge on any atom is 0.137 e. The summed E-state index contributed by atoms with van der Waals surface area (Å²) in [6.07, 6.45) is 2.37. The van der Waals surface area contributed by atoms with Crippen LogP contribution < -0.4 is 14.4 Å². The summed E-state index contributed by atoms with van der Waals surface area (Å²) in [5.41, 5.74) is 2.10. The molecule has 0 fully saturated rings. The van der Waals surface area contributed by atoms with E-state index in [1.54, 1.807) is 14.2 Å². The summed E-state index contributed by atoms with van der Waals surface area (Å²) in [6.45, 7) is 1.59.